The van der Waals surface area contributed by atoms with Crippen LogP contribution < -0.4 is 15.0 Å². The third kappa shape index (κ3) is 4.20. The van der Waals surface area contributed by atoms with Gasteiger partial charge in [-0.05, 0) is 36.2 Å². The van der Waals surface area contributed by atoms with E-state index in [1.165, 1.54) is 7.11 Å². The number of carbonyl (C=O) groups is 1. The van der Waals surface area contributed by atoms with Crippen LogP contribution in [0.5, 0.6) is 5.75 Å². The zero-order chi connectivity index (χ0) is 20.9. The van der Waals surface area contributed by atoms with Gasteiger partial charge in [-0.25, -0.2) is 9.78 Å². The molecule has 0 aliphatic carbocycles. The van der Waals surface area contributed by atoms with Crippen LogP contribution in [0, 0.1) is 0 Å². The average Bonchev–Trinajstić information content (AvgIpc) is 2.79. The quantitative estimate of drug-likeness (QED) is 0.626. The van der Waals surface area contributed by atoms with E-state index in [0.29, 0.717) is 12.2 Å². The van der Waals surface area contributed by atoms with E-state index >= 15 is 0 Å². The number of hydrogen-bond acceptors (Lipinski definition) is 7. The second-order valence-corrected chi connectivity index (χ2v) is 7.12. The van der Waals surface area contributed by atoms with E-state index in [1.54, 1.807) is 24.5 Å². The maximum atomic E-state index is 11.7. The fourth-order valence-electron chi connectivity index (χ4n) is 3.53. The predicted molar refractivity (Wildman–Crippen MR) is 115 cm³/mol. The highest BCUT2D eigenvalue weighted by molar-refractivity contribution is 5.89. The van der Waals surface area contributed by atoms with Crippen LogP contribution in [0.3, 0.4) is 0 Å². The lowest BCUT2D eigenvalue weighted by atomic mass is 10.1. The lowest BCUT2D eigenvalue weighted by Crippen LogP contribution is -2.33. The van der Waals surface area contributed by atoms with Crippen molar-refractivity contribution < 1.29 is 14.3 Å². The molecule has 3 aromatic rings. The zero-order valence-electron chi connectivity index (χ0n) is 17.0. The molecule has 7 nitrogen and oxygen atoms in total. The Labute approximate surface area is 175 Å². The van der Waals surface area contributed by atoms with Gasteiger partial charge in [0.25, 0.3) is 0 Å². The number of pyridine rings is 2. The number of carbonyl (C=O) groups excluding carboxylic acids is 1. The molecule has 7 heteroatoms. The van der Waals surface area contributed by atoms with Crippen molar-refractivity contribution in [2.75, 3.05) is 30.5 Å². The molecule has 4 rings (SSSR count). The van der Waals surface area contributed by atoms with Crippen molar-refractivity contribution in [1.82, 2.24) is 9.97 Å². The first-order valence-electron chi connectivity index (χ1n) is 9.86. The number of rotatable bonds is 6. The van der Waals surface area contributed by atoms with Crippen LogP contribution in [-0.2, 0) is 11.3 Å². The SMILES string of the molecule is COC(=O)c1ccc(C(C)Nc2nccc3c2N(Cc2cccnc2)CCO3)cc1. The lowest BCUT2D eigenvalue weighted by Gasteiger charge is -2.33. The molecule has 0 amide bonds. The molecule has 1 atom stereocenters. The summed E-state index contributed by atoms with van der Waals surface area (Å²) in [5, 5.41) is 3.50. The van der Waals surface area contributed by atoms with Gasteiger partial charge in [0, 0.05) is 31.2 Å². The Balaban J connectivity index is 1.57. The normalized spacial score (nSPS) is 13.7. The van der Waals surface area contributed by atoms with E-state index in [0.717, 1.165) is 41.5 Å². The molecule has 0 radical (unpaired) electrons. The van der Waals surface area contributed by atoms with Crippen LogP contribution in [0.15, 0.2) is 61.1 Å². The molecule has 154 valence electrons. The van der Waals surface area contributed by atoms with Crippen molar-refractivity contribution >= 4 is 17.5 Å². The van der Waals surface area contributed by atoms with Crippen LogP contribution in [0.2, 0.25) is 0 Å². The number of aromatic nitrogens is 2. The van der Waals surface area contributed by atoms with Crippen molar-refractivity contribution in [3.63, 3.8) is 0 Å². The van der Waals surface area contributed by atoms with Crippen molar-refractivity contribution in [2.45, 2.75) is 19.5 Å². The highest BCUT2D eigenvalue weighted by atomic mass is 16.5. The number of fused-ring (bicyclic) bond motifs is 1. The van der Waals surface area contributed by atoms with Gasteiger partial charge in [-0.1, -0.05) is 18.2 Å². The monoisotopic (exact) mass is 404 g/mol. The number of anilines is 2. The molecule has 0 fully saturated rings. The smallest absolute Gasteiger partial charge is 0.337 e. The minimum absolute atomic E-state index is 0.0159. The summed E-state index contributed by atoms with van der Waals surface area (Å²) in [6, 6.07) is 13.3. The van der Waals surface area contributed by atoms with Gasteiger partial charge in [-0.3, -0.25) is 4.98 Å². The van der Waals surface area contributed by atoms with Crippen LogP contribution >= 0.6 is 0 Å². The van der Waals surface area contributed by atoms with E-state index in [1.807, 2.05) is 30.5 Å². The molecular formula is C23H24N4O3. The number of benzene rings is 1. The van der Waals surface area contributed by atoms with Crippen LogP contribution in [0.25, 0.3) is 0 Å². The van der Waals surface area contributed by atoms with Crippen LogP contribution in [0.4, 0.5) is 11.5 Å². The fraction of sp³-hybridized carbons (Fsp3) is 0.261. The lowest BCUT2D eigenvalue weighted by molar-refractivity contribution is 0.0600. The summed E-state index contributed by atoms with van der Waals surface area (Å²) >= 11 is 0. The molecule has 0 bridgehead atoms. The molecule has 0 saturated carbocycles. The predicted octanol–water partition coefficient (Wildman–Crippen LogP) is 3.84. The van der Waals surface area contributed by atoms with Gasteiger partial charge in [0.1, 0.15) is 18.0 Å². The maximum absolute atomic E-state index is 11.7. The molecule has 1 N–H and O–H groups in total. The summed E-state index contributed by atoms with van der Waals surface area (Å²) in [6.07, 6.45) is 5.41. The summed E-state index contributed by atoms with van der Waals surface area (Å²) in [5.41, 5.74) is 3.65. The average molecular weight is 404 g/mol. The second kappa shape index (κ2) is 8.82. The van der Waals surface area contributed by atoms with Crippen LogP contribution in [-0.4, -0.2) is 36.2 Å². The Morgan fingerprint density at radius 1 is 1.23 bits per heavy atom. The molecule has 1 unspecified atom stereocenters. The first-order chi connectivity index (χ1) is 14.7. The van der Waals surface area contributed by atoms with Gasteiger partial charge in [-0.15, -0.1) is 0 Å². The number of hydrogen-bond donors (Lipinski definition) is 1. The highest BCUT2D eigenvalue weighted by Gasteiger charge is 2.24. The Hall–Kier alpha value is -3.61. The summed E-state index contributed by atoms with van der Waals surface area (Å²) in [5.74, 6) is 1.24. The third-order valence-corrected chi connectivity index (χ3v) is 5.10. The summed E-state index contributed by atoms with van der Waals surface area (Å²) in [6.45, 7) is 4.18. The number of nitrogens with zero attached hydrogens (tertiary/aromatic N) is 3. The first kappa shape index (κ1) is 19.7. The third-order valence-electron chi connectivity index (χ3n) is 5.10. The van der Waals surface area contributed by atoms with Gasteiger partial charge in [0.2, 0.25) is 0 Å². The topological polar surface area (TPSA) is 76.6 Å². The molecule has 1 aromatic carbocycles. The molecule has 1 aliphatic rings. The molecular weight excluding hydrogens is 380 g/mol. The molecule has 0 saturated heterocycles. The minimum atomic E-state index is -0.343. The van der Waals surface area contributed by atoms with Gasteiger partial charge in [0.05, 0.1) is 25.3 Å². The summed E-state index contributed by atoms with van der Waals surface area (Å²) in [4.78, 5) is 22.7. The van der Waals surface area contributed by atoms with Gasteiger partial charge in [0.15, 0.2) is 5.82 Å². The van der Waals surface area contributed by atoms with Gasteiger partial charge >= 0.3 is 5.97 Å². The Morgan fingerprint density at radius 3 is 2.80 bits per heavy atom. The van der Waals surface area contributed by atoms with Crippen molar-refractivity contribution in [2.24, 2.45) is 0 Å². The number of esters is 1. The van der Waals surface area contributed by atoms with E-state index in [9.17, 15) is 4.79 Å². The zero-order valence-corrected chi connectivity index (χ0v) is 17.0. The largest absolute Gasteiger partial charge is 0.489 e. The van der Waals surface area contributed by atoms with E-state index in [2.05, 4.69) is 33.2 Å². The molecule has 3 heterocycles. The number of ether oxygens (including phenoxy) is 2. The van der Waals surface area contributed by atoms with Gasteiger partial charge in [-0.2, -0.15) is 0 Å². The highest BCUT2D eigenvalue weighted by Crippen LogP contribution is 2.39. The van der Waals surface area contributed by atoms with E-state index in [-0.39, 0.29) is 12.0 Å². The Bertz CT molecular complexity index is 1010. The second-order valence-electron chi connectivity index (χ2n) is 7.12. The van der Waals surface area contributed by atoms with Crippen molar-refractivity contribution in [3.8, 4) is 5.75 Å². The molecule has 2 aromatic heterocycles. The first-order valence-corrected chi connectivity index (χ1v) is 9.86. The van der Waals surface area contributed by atoms with E-state index in [4.69, 9.17) is 9.47 Å². The van der Waals surface area contributed by atoms with Crippen molar-refractivity contribution in [1.29, 1.82) is 0 Å². The fourth-order valence-corrected chi connectivity index (χ4v) is 3.53. The van der Waals surface area contributed by atoms with E-state index < -0.39 is 0 Å². The Morgan fingerprint density at radius 2 is 2.07 bits per heavy atom. The Kier molecular flexibility index (Phi) is 5.79. The molecule has 30 heavy (non-hydrogen) atoms. The van der Waals surface area contributed by atoms with Crippen LogP contribution in [0.1, 0.15) is 34.5 Å². The molecule has 0 spiro atoms. The van der Waals surface area contributed by atoms with Gasteiger partial charge < -0.3 is 19.7 Å². The standard InChI is InChI=1S/C23H24N4O3/c1-16(18-5-7-19(8-6-18)23(28)29-2)26-22-21-20(9-11-25-22)30-13-12-27(21)15-17-4-3-10-24-14-17/h3-11,14,16H,12-13,15H2,1-2H3,(H,25,26). The van der Waals surface area contributed by atoms with Crippen molar-refractivity contribution in [3.05, 3.63) is 77.7 Å². The number of nitrogens with one attached hydrogen (secondary N) is 1. The summed E-state index contributed by atoms with van der Waals surface area (Å²) in [7, 11) is 1.38. The number of methoxy groups -OCH3 is 1. The molecule has 1 aliphatic heterocycles. The summed E-state index contributed by atoms with van der Waals surface area (Å²) < 4.78 is 10.7. The minimum Gasteiger partial charge on any atom is -0.489 e. The maximum Gasteiger partial charge on any atom is 0.337 e.